The van der Waals surface area contributed by atoms with E-state index >= 15 is 0 Å². The Hall–Kier alpha value is -0.700. The number of unbranched alkanes of at least 4 members (excludes halogenated alkanes) is 2. The Kier molecular flexibility index (Phi) is 6.94. The van der Waals surface area contributed by atoms with E-state index in [-0.39, 0.29) is 6.61 Å². The van der Waals surface area contributed by atoms with Crippen LogP contribution in [0.15, 0.2) is 0 Å². The predicted octanol–water partition coefficient (Wildman–Crippen LogP) is 0.961. The maximum atomic E-state index is 10.4. The van der Waals surface area contributed by atoms with Gasteiger partial charge in [0.15, 0.2) is 6.29 Å². The fraction of sp³-hybridized carbons (Fsp3) is 0.750. The second-order valence-electron chi connectivity index (χ2n) is 2.34. The largest absolute Gasteiger partial charge is 0.373 e. The van der Waals surface area contributed by atoms with Crippen molar-refractivity contribution >= 4 is 12.1 Å². The number of carbonyl (C=O) groups is 2. The van der Waals surface area contributed by atoms with Gasteiger partial charge >= 0.3 is 0 Å². The second-order valence-corrected chi connectivity index (χ2v) is 2.34. The van der Waals surface area contributed by atoms with Crippen LogP contribution >= 0.6 is 0 Å². The van der Waals surface area contributed by atoms with Gasteiger partial charge in [0.25, 0.3) is 0 Å². The predicted molar refractivity (Wildman–Crippen MR) is 41.4 cm³/mol. The summed E-state index contributed by atoms with van der Waals surface area (Å²) < 4.78 is 4.91. The van der Waals surface area contributed by atoms with Crippen molar-refractivity contribution in [2.24, 2.45) is 0 Å². The molecule has 0 saturated heterocycles. The molecule has 11 heavy (non-hydrogen) atoms. The minimum absolute atomic E-state index is 0.0623. The molecule has 0 rings (SSSR count). The molecule has 0 aromatic heterocycles. The maximum Gasteiger partial charge on any atom is 0.220 e. The molecule has 0 aliphatic rings. The first-order valence-electron chi connectivity index (χ1n) is 3.87. The number of aldehydes is 1. The van der Waals surface area contributed by atoms with Gasteiger partial charge in [0, 0.05) is 6.61 Å². The zero-order chi connectivity index (χ0) is 8.53. The van der Waals surface area contributed by atoms with E-state index in [2.05, 4.69) is 6.92 Å². The Labute approximate surface area is 66.7 Å². The normalized spacial score (nSPS) is 9.55. The highest BCUT2D eigenvalue weighted by Crippen LogP contribution is 1.93. The average molecular weight is 158 g/mol. The highest BCUT2D eigenvalue weighted by molar-refractivity contribution is 6.25. The molecule has 0 N–H and O–H groups in total. The van der Waals surface area contributed by atoms with Gasteiger partial charge in [-0.15, -0.1) is 0 Å². The summed E-state index contributed by atoms with van der Waals surface area (Å²) in [6.45, 7) is 2.61. The maximum absolute atomic E-state index is 10.4. The van der Waals surface area contributed by atoms with Crippen LogP contribution in [0, 0.1) is 0 Å². The molecule has 0 heterocycles. The van der Waals surface area contributed by atoms with E-state index < -0.39 is 5.78 Å². The SMILES string of the molecule is CCCCCOCC(=O)C=O. The van der Waals surface area contributed by atoms with Crippen molar-refractivity contribution in [3.63, 3.8) is 0 Å². The Bertz CT molecular complexity index is 121. The van der Waals surface area contributed by atoms with Crippen molar-refractivity contribution in [3.05, 3.63) is 0 Å². The van der Waals surface area contributed by atoms with Crippen LogP contribution in [0.25, 0.3) is 0 Å². The summed E-state index contributed by atoms with van der Waals surface area (Å²) in [5.74, 6) is -0.485. The van der Waals surface area contributed by atoms with Crippen molar-refractivity contribution < 1.29 is 14.3 Å². The Morgan fingerprint density at radius 3 is 2.73 bits per heavy atom. The van der Waals surface area contributed by atoms with E-state index in [9.17, 15) is 9.59 Å². The van der Waals surface area contributed by atoms with E-state index in [1.807, 2.05) is 0 Å². The van der Waals surface area contributed by atoms with Gasteiger partial charge < -0.3 is 4.74 Å². The van der Waals surface area contributed by atoms with Crippen LogP contribution in [-0.2, 0) is 14.3 Å². The van der Waals surface area contributed by atoms with Gasteiger partial charge in [-0.3, -0.25) is 9.59 Å². The molecule has 3 nitrogen and oxygen atoms in total. The first kappa shape index (κ1) is 10.3. The standard InChI is InChI=1S/C8H14O3/c1-2-3-4-5-11-7-8(10)6-9/h6H,2-5,7H2,1H3. The summed E-state index contributed by atoms with van der Waals surface area (Å²) in [6.07, 6.45) is 3.49. The monoisotopic (exact) mass is 158 g/mol. The number of hydrogen-bond acceptors (Lipinski definition) is 3. The van der Waals surface area contributed by atoms with Crippen LogP contribution < -0.4 is 0 Å². The van der Waals surface area contributed by atoms with Crippen molar-refractivity contribution in [1.29, 1.82) is 0 Å². The molecule has 0 aliphatic carbocycles. The summed E-state index contributed by atoms with van der Waals surface area (Å²) in [7, 11) is 0. The molecule has 0 aromatic carbocycles. The number of ketones is 1. The number of hydrogen-bond donors (Lipinski definition) is 0. The molecule has 64 valence electrons. The molecule has 0 amide bonds. The van der Waals surface area contributed by atoms with E-state index in [1.54, 1.807) is 0 Å². The summed E-state index contributed by atoms with van der Waals surface area (Å²) in [6, 6.07) is 0. The lowest BCUT2D eigenvalue weighted by atomic mass is 10.3. The quantitative estimate of drug-likeness (QED) is 0.315. The van der Waals surface area contributed by atoms with Crippen molar-refractivity contribution in [1.82, 2.24) is 0 Å². The van der Waals surface area contributed by atoms with Gasteiger partial charge in [-0.1, -0.05) is 19.8 Å². The van der Waals surface area contributed by atoms with Crippen LogP contribution in [0.2, 0.25) is 0 Å². The fourth-order valence-electron chi connectivity index (χ4n) is 0.661. The Balaban J connectivity index is 3.01. The summed E-state index contributed by atoms with van der Waals surface area (Å²) in [5.41, 5.74) is 0. The summed E-state index contributed by atoms with van der Waals surface area (Å²) >= 11 is 0. The smallest absolute Gasteiger partial charge is 0.220 e. The van der Waals surface area contributed by atoms with Crippen LogP contribution in [0.1, 0.15) is 26.2 Å². The molecule has 0 aromatic rings. The van der Waals surface area contributed by atoms with Gasteiger partial charge in [0.1, 0.15) is 6.61 Å². The lowest BCUT2D eigenvalue weighted by molar-refractivity contribution is -0.132. The molecule has 0 aliphatic heterocycles. The minimum atomic E-state index is -0.485. The lowest BCUT2D eigenvalue weighted by Gasteiger charge is -1.98. The minimum Gasteiger partial charge on any atom is -0.373 e. The third kappa shape index (κ3) is 7.19. The van der Waals surface area contributed by atoms with Crippen molar-refractivity contribution in [2.45, 2.75) is 26.2 Å². The van der Waals surface area contributed by atoms with Gasteiger partial charge in [0.05, 0.1) is 0 Å². The van der Waals surface area contributed by atoms with Crippen molar-refractivity contribution in [3.8, 4) is 0 Å². The molecule has 0 radical (unpaired) electrons. The summed E-state index contributed by atoms with van der Waals surface area (Å²) in [5, 5.41) is 0. The molecular formula is C8H14O3. The molecule has 0 unspecified atom stereocenters. The third-order valence-corrected chi connectivity index (χ3v) is 1.27. The molecule has 0 bridgehead atoms. The number of Topliss-reactive ketones (excluding diaryl/α,β-unsaturated/α-hetero) is 1. The topological polar surface area (TPSA) is 43.4 Å². The van der Waals surface area contributed by atoms with Gasteiger partial charge in [-0.25, -0.2) is 0 Å². The lowest BCUT2D eigenvalue weighted by Crippen LogP contribution is -2.09. The highest BCUT2D eigenvalue weighted by Gasteiger charge is 1.96. The molecular weight excluding hydrogens is 144 g/mol. The molecule has 0 atom stereocenters. The molecule has 0 spiro atoms. The van der Waals surface area contributed by atoms with E-state index in [0.29, 0.717) is 12.9 Å². The Morgan fingerprint density at radius 2 is 2.18 bits per heavy atom. The van der Waals surface area contributed by atoms with E-state index in [1.165, 1.54) is 0 Å². The van der Waals surface area contributed by atoms with Crippen LogP contribution in [-0.4, -0.2) is 25.3 Å². The highest BCUT2D eigenvalue weighted by atomic mass is 16.5. The molecule has 3 heteroatoms. The van der Waals surface area contributed by atoms with Gasteiger partial charge in [-0.05, 0) is 6.42 Å². The number of carbonyl (C=O) groups excluding carboxylic acids is 2. The van der Waals surface area contributed by atoms with Gasteiger partial charge in [0.2, 0.25) is 5.78 Å². The Morgan fingerprint density at radius 1 is 1.45 bits per heavy atom. The van der Waals surface area contributed by atoms with E-state index in [0.717, 1.165) is 19.3 Å². The molecule has 0 fully saturated rings. The van der Waals surface area contributed by atoms with Crippen LogP contribution in [0.5, 0.6) is 0 Å². The second kappa shape index (κ2) is 7.41. The first-order valence-corrected chi connectivity index (χ1v) is 3.87. The number of rotatable bonds is 7. The molecule has 0 saturated carbocycles. The zero-order valence-electron chi connectivity index (χ0n) is 6.84. The summed E-state index contributed by atoms with van der Waals surface area (Å²) in [4.78, 5) is 20.1. The zero-order valence-corrected chi connectivity index (χ0v) is 6.84. The number of ether oxygens (including phenoxy) is 1. The van der Waals surface area contributed by atoms with E-state index in [4.69, 9.17) is 4.74 Å². The third-order valence-electron chi connectivity index (χ3n) is 1.27. The van der Waals surface area contributed by atoms with Crippen LogP contribution in [0.4, 0.5) is 0 Å². The van der Waals surface area contributed by atoms with Gasteiger partial charge in [-0.2, -0.15) is 0 Å². The fourth-order valence-corrected chi connectivity index (χ4v) is 0.661. The van der Waals surface area contributed by atoms with Crippen LogP contribution in [0.3, 0.4) is 0 Å². The first-order chi connectivity index (χ1) is 5.31. The van der Waals surface area contributed by atoms with Crippen molar-refractivity contribution in [2.75, 3.05) is 13.2 Å². The average Bonchev–Trinajstić information content (AvgIpc) is 2.04.